The Balaban J connectivity index is 2.59. The average Bonchev–Trinajstić information content (AvgIpc) is 2.05. The SMILES string of the molecule is O=C(Nc1ccc(Br)cc1)NP(=O)(Cl)Cl. The molecule has 15 heavy (non-hydrogen) atoms. The number of hydrogen-bond donors (Lipinski definition) is 2. The number of hydrogen-bond acceptors (Lipinski definition) is 2. The predicted molar refractivity (Wildman–Crippen MR) is 65.6 cm³/mol. The smallest absolute Gasteiger partial charge is 0.308 e. The van der Waals surface area contributed by atoms with Gasteiger partial charge in [-0.2, -0.15) is 0 Å². The maximum absolute atomic E-state index is 11.1. The van der Waals surface area contributed by atoms with Gasteiger partial charge in [0.15, 0.2) is 0 Å². The first kappa shape index (κ1) is 12.8. The molecule has 0 aliphatic rings. The molecule has 0 unspecified atom stereocenters. The molecule has 1 rings (SSSR count). The molecule has 0 saturated carbocycles. The van der Waals surface area contributed by atoms with Gasteiger partial charge >= 0.3 is 12.0 Å². The van der Waals surface area contributed by atoms with Crippen molar-refractivity contribution in [2.75, 3.05) is 5.32 Å². The molecule has 0 aliphatic heterocycles. The Morgan fingerprint density at radius 1 is 1.27 bits per heavy atom. The number of rotatable bonds is 2. The fourth-order valence-electron chi connectivity index (χ4n) is 0.810. The summed E-state index contributed by atoms with van der Waals surface area (Å²) >= 11 is 13.6. The van der Waals surface area contributed by atoms with Crippen molar-refractivity contribution in [1.29, 1.82) is 0 Å². The van der Waals surface area contributed by atoms with E-state index in [9.17, 15) is 9.36 Å². The largest absolute Gasteiger partial charge is 0.346 e. The van der Waals surface area contributed by atoms with Crippen molar-refractivity contribution in [1.82, 2.24) is 5.09 Å². The summed E-state index contributed by atoms with van der Waals surface area (Å²) in [7, 11) is 0. The Morgan fingerprint density at radius 2 is 1.80 bits per heavy atom. The molecular formula is C7H6BrCl2N2O2P. The molecule has 82 valence electrons. The zero-order valence-corrected chi connectivity index (χ0v) is 11.2. The first-order chi connectivity index (χ1) is 6.87. The highest BCUT2D eigenvalue weighted by molar-refractivity contribution is 9.10. The van der Waals surface area contributed by atoms with Crippen LogP contribution in [0.4, 0.5) is 10.5 Å². The van der Waals surface area contributed by atoms with Crippen LogP contribution in [0.15, 0.2) is 28.7 Å². The zero-order valence-electron chi connectivity index (χ0n) is 7.21. The van der Waals surface area contributed by atoms with Gasteiger partial charge in [0.05, 0.1) is 0 Å². The zero-order chi connectivity index (χ0) is 11.5. The maximum Gasteiger partial charge on any atom is 0.346 e. The molecule has 0 fully saturated rings. The predicted octanol–water partition coefficient (Wildman–Crippen LogP) is 4.16. The minimum absolute atomic E-state index is 0.539. The van der Waals surface area contributed by atoms with Crippen molar-refractivity contribution in [3.05, 3.63) is 28.7 Å². The molecule has 0 aliphatic carbocycles. The molecule has 0 heterocycles. The summed E-state index contributed by atoms with van der Waals surface area (Å²) in [5, 5.41) is 4.32. The third-order valence-corrected chi connectivity index (χ3v) is 2.83. The molecule has 2 amide bonds. The summed E-state index contributed by atoms with van der Waals surface area (Å²) in [6, 6.07) is 6.10. The molecule has 1 aromatic carbocycles. The Hall–Kier alpha value is -0.220. The van der Waals surface area contributed by atoms with Crippen molar-refractivity contribution in [3.8, 4) is 0 Å². The Labute approximate surface area is 104 Å². The standard InChI is InChI=1S/C7H6BrCl2N2O2P/c8-5-1-3-6(4-2-5)11-7(13)12-15(9,10)14/h1-4H,(H2,11,12,13,14). The first-order valence-corrected chi connectivity index (χ1v) is 8.02. The second kappa shape index (κ2) is 5.21. The summed E-state index contributed by atoms with van der Waals surface area (Å²) in [4.78, 5) is 11.1. The number of halogens is 3. The Bertz CT molecular complexity index is 406. The highest BCUT2D eigenvalue weighted by Gasteiger charge is 2.16. The van der Waals surface area contributed by atoms with Gasteiger partial charge in [0.1, 0.15) is 0 Å². The molecule has 2 N–H and O–H groups in total. The van der Waals surface area contributed by atoms with Gasteiger partial charge < -0.3 is 5.32 Å². The molecular weight excluding hydrogens is 326 g/mol. The molecule has 0 aromatic heterocycles. The van der Waals surface area contributed by atoms with Gasteiger partial charge in [0.2, 0.25) is 0 Å². The molecule has 0 radical (unpaired) electrons. The number of anilines is 1. The highest BCUT2D eigenvalue weighted by atomic mass is 79.9. The molecule has 0 bridgehead atoms. The molecule has 8 heteroatoms. The highest BCUT2D eigenvalue weighted by Crippen LogP contribution is 2.51. The van der Waals surface area contributed by atoms with E-state index in [0.717, 1.165) is 4.47 Å². The maximum atomic E-state index is 11.1. The van der Waals surface area contributed by atoms with Crippen LogP contribution in [0, 0.1) is 0 Å². The van der Waals surface area contributed by atoms with E-state index in [1.807, 2.05) is 5.09 Å². The molecule has 0 saturated heterocycles. The van der Waals surface area contributed by atoms with E-state index in [1.54, 1.807) is 24.3 Å². The second-order valence-electron chi connectivity index (χ2n) is 2.54. The molecule has 0 spiro atoms. The lowest BCUT2D eigenvalue weighted by molar-refractivity contribution is 0.256. The van der Waals surface area contributed by atoms with Crippen LogP contribution in [-0.2, 0) is 4.57 Å². The van der Waals surface area contributed by atoms with E-state index in [1.165, 1.54) is 0 Å². The third-order valence-electron chi connectivity index (χ3n) is 1.33. The summed E-state index contributed by atoms with van der Waals surface area (Å²) in [5.41, 5.74) is 0.539. The van der Waals surface area contributed by atoms with Crippen LogP contribution in [0.25, 0.3) is 0 Å². The summed E-state index contributed by atoms with van der Waals surface area (Å²) in [6.07, 6.45) is 0. The quantitative estimate of drug-likeness (QED) is 0.799. The third kappa shape index (κ3) is 5.42. The van der Waals surface area contributed by atoms with Crippen LogP contribution >= 0.6 is 44.4 Å². The van der Waals surface area contributed by atoms with Crippen LogP contribution in [0.5, 0.6) is 0 Å². The monoisotopic (exact) mass is 330 g/mol. The lowest BCUT2D eigenvalue weighted by Gasteiger charge is -2.07. The lowest BCUT2D eigenvalue weighted by Crippen LogP contribution is -2.23. The van der Waals surface area contributed by atoms with E-state index >= 15 is 0 Å². The minimum atomic E-state index is -3.60. The van der Waals surface area contributed by atoms with Crippen LogP contribution in [-0.4, -0.2) is 6.03 Å². The van der Waals surface area contributed by atoms with Gasteiger partial charge in [-0.25, -0.2) is 4.79 Å². The number of urea groups is 1. The van der Waals surface area contributed by atoms with Gasteiger partial charge in [0, 0.05) is 10.2 Å². The first-order valence-electron chi connectivity index (χ1n) is 3.71. The number of carbonyl (C=O) groups is 1. The van der Waals surface area contributed by atoms with E-state index in [2.05, 4.69) is 21.2 Å². The molecule has 4 nitrogen and oxygen atoms in total. The van der Waals surface area contributed by atoms with Gasteiger partial charge in [0.25, 0.3) is 0 Å². The van der Waals surface area contributed by atoms with E-state index < -0.39 is 12.0 Å². The minimum Gasteiger partial charge on any atom is -0.308 e. The van der Waals surface area contributed by atoms with E-state index in [-0.39, 0.29) is 0 Å². The van der Waals surface area contributed by atoms with Crippen molar-refractivity contribution in [3.63, 3.8) is 0 Å². The van der Waals surface area contributed by atoms with Crippen molar-refractivity contribution >= 4 is 56.1 Å². The topological polar surface area (TPSA) is 58.2 Å². The van der Waals surface area contributed by atoms with Gasteiger partial charge in [-0.05, 0) is 46.7 Å². The van der Waals surface area contributed by atoms with Crippen molar-refractivity contribution < 1.29 is 9.36 Å². The summed E-state index contributed by atoms with van der Waals surface area (Å²) in [5.74, 6) is -3.60. The number of benzene rings is 1. The second-order valence-corrected chi connectivity index (χ2v) is 7.97. The van der Waals surface area contributed by atoms with Crippen molar-refractivity contribution in [2.24, 2.45) is 0 Å². The van der Waals surface area contributed by atoms with Crippen molar-refractivity contribution in [2.45, 2.75) is 0 Å². The summed E-state index contributed by atoms with van der Waals surface area (Å²) < 4.78 is 11.7. The Morgan fingerprint density at radius 3 is 2.27 bits per heavy atom. The van der Waals surface area contributed by atoms with Gasteiger partial charge in [-0.15, -0.1) is 0 Å². The van der Waals surface area contributed by atoms with Gasteiger partial charge in [-0.3, -0.25) is 9.65 Å². The fraction of sp³-hybridized carbons (Fsp3) is 0. The van der Waals surface area contributed by atoms with Crippen LogP contribution in [0.1, 0.15) is 0 Å². The molecule has 0 atom stereocenters. The number of nitrogens with one attached hydrogen (secondary N) is 2. The summed E-state index contributed by atoms with van der Waals surface area (Å²) in [6.45, 7) is 0. The van der Waals surface area contributed by atoms with E-state index in [0.29, 0.717) is 5.69 Å². The number of amides is 2. The van der Waals surface area contributed by atoms with Crippen LogP contribution in [0.2, 0.25) is 0 Å². The lowest BCUT2D eigenvalue weighted by atomic mass is 10.3. The van der Waals surface area contributed by atoms with Gasteiger partial charge in [-0.1, -0.05) is 15.9 Å². The number of carbonyl (C=O) groups excluding carboxylic acids is 1. The normalized spacial score (nSPS) is 10.9. The Kier molecular flexibility index (Phi) is 4.46. The molecule has 1 aromatic rings. The van der Waals surface area contributed by atoms with Crippen LogP contribution < -0.4 is 10.4 Å². The average molecular weight is 332 g/mol. The van der Waals surface area contributed by atoms with Crippen LogP contribution in [0.3, 0.4) is 0 Å². The van der Waals surface area contributed by atoms with E-state index in [4.69, 9.17) is 22.5 Å². The fourth-order valence-corrected chi connectivity index (χ4v) is 1.83.